The number of hydrogen-bond acceptors (Lipinski definition) is 7. The number of nitrogens with two attached hydrogens (primary N) is 1. The third-order valence-electron chi connectivity index (χ3n) is 5.40. The van der Waals surface area contributed by atoms with Crippen molar-refractivity contribution in [2.75, 3.05) is 23.7 Å². The van der Waals surface area contributed by atoms with E-state index in [4.69, 9.17) is 5.73 Å². The fraction of sp³-hybridized carbons (Fsp3) is 0.650. The van der Waals surface area contributed by atoms with Gasteiger partial charge < -0.3 is 16.0 Å². The van der Waals surface area contributed by atoms with Crippen molar-refractivity contribution in [3.05, 3.63) is 20.8 Å². The van der Waals surface area contributed by atoms with Crippen molar-refractivity contribution >= 4 is 29.4 Å². The van der Waals surface area contributed by atoms with Gasteiger partial charge in [0.2, 0.25) is 0 Å². The normalized spacial score (nSPS) is 18.2. The number of anilines is 2. The fourth-order valence-corrected chi connectivity index (χ4v) is 3.41. The molecule has 12 heteroatoms. The molecule has 1 atom stereocenters. The van der Waals surface area contributed by atoms with Gasteiger partial charge in [0.05, 0.1) is 6.54 Å². The van der Waals surface area contributed by atoms with Gasteiger partial charge in [-0.15, -0.1) is 0 Å². The summed E-state index contributed by atoms with van der Waals surface area (Å²) in [5, 5.41) is 3.20. The smallest absolute Gasteiger partial charge is 0.344 e. The summed E-state index contributed by atoms with van der Waals surface area (Å²) in [7, 11) is 0. The van der Waals surface area contributed by atoms with Crippen molar-refractivity contribution in [1.82, 2.24) is 25.3 Å². The van der Waals surface area contributed by atoms with Gasteiger partial charge in [-0.3, -0.25) is 29.4 Å². The van der Waals surface area contributed by atoms with Crippen molar-refractivity contribution in [3.63, 3.8) is 0 Å². The first-order valence-electron chi connectivity index (χ1n) is 10.8. The molecule has 0 bridgehead atoms. The van der Waals surface area contributed by atoms with Gasteiger partial charge in [0.25, 0.3) is 17.4 Å². The molecule has 32 heavy (non-hydrogen) atoms. The lowest BCUT2D eigenvalue weighted by Gasteiger charge is -2.27. The SMILES string of the molecule is CCCCN(CC(=O)NN1C(=O)NC(C)(CC)C1=O)c1c(N)n(CC(C)C)c(=O)[nH]c1=O. The summed E-state index contributed by atoms with van der Waals surface area (Å²) >= 11 is 0. The van der Waals surface area contributed by atoms with E-state index in [0.717, 1.165) is 6.42 Å². The van der Waals surface area contributed by atoms with Gasteiger partial charge in [0.1, 0.15) is 17.0 Å². The molecule has 0 radical (unpaired) electrons. The van der Waals surface area contributed by atoms with Crippen molar-refractivity contribution in [2.45, 2.75) is 66.0 Å². The Kier molecular flexibility index (Phi) is 7.70. The molecule has 0 spiro atoms. The zero-order chi connectivity index (χ0) is 24.2. The number of nitrogens with zero attached hydrogens (tertiary/aromatic N) is 3. The first-order chi connectivity index (χ1) is 14.9. The van der Waals surface area contributed by atoms with Crippen molar-refractivity contribution in [1.29, 1.82) is 0 Å². The molecule has 4 amide bonds. The molecule has 1 aliphatic rings. The number of hydrogen-bond donors (Lipinski definition) is 4. The van der Waals surface area contributed by atoms with Crippen LogP contribution in [-0.2, 0) is 16.1 Å². The molecule has 0 aliphatic carbocycles. The number of nitrogens with one attached hydrogen (secondary N) is 3. The number of H-pyrrole nitrogens is 1. The Labute approximate surface area is 186 Å². The van der Waals surface area contributed by atoms with E-state index in [-0.39, 0.29) is 24.0 Å². The second-order valence-electron chi connectivity index (χ2n) is 8.56. The van der Waals surface area contributed by atoms with Gasteiger partial charge in [-0.25, -0.2) is 9.59 Å². The molecule has 0 saturated carbocycles. The first kappa shape index (κ1) is 25.0. The summed E-state index contributed by atoms with van der Waals surface area (Å²) in [6.45, 7) is 9.34. The lowest BCUT2D eigenvalue weighted by atomic mass is 10.00. The molecule has 1 aromatic heterocycles. The summed E-state index contributed by atoms with van der Waals surface area (Å²) in [6.07, 6.45) is 1.78. The van der Waals surface area contributed by atoms with Crippen LogP contribution in [0.3, 0.4) is 0 Å². The molecule has 5 N–H and O–H groups in total. The highest BCUT2D eigenvalue weighted by Crippen LogP contribution is 2.20. The van der Waals surface area contributed by atoms with Crippen LogP contribution in [0.5, 0.6) is 0 Å². The van der Waals surface area contributed by atoms with Gasteiger partial charge in [0.15, 0.2) is 0 Å². The largest absolute Gasteiger partial charge is 0.383 e. The van der Waals surface area contributed by atoms with Crippen LogP contribution in [0.25, 0.3) is 0 Å². The second kappa shape index (κ2) is 9.88. The number of nitrogen functional groups attached to an aromatic ring is 1. The minimum atomic E-state index is -1.10. The number of hydrazine groups is 1. The maximum Gasteiger partial charge on any atom is 0.344 e. The highest BCUT2D eigenvalue weighted by Gasteiger charge is 2.47. The molecule has 1 aromatic rings. The Morgan fingerprint density at radius 3 is 2.41 bits per heavy atom. The number of carbonyl (C=O) groups excluding carboxylic acids is 3. The second-order valence-corrected chi connectivity index (χ2v) is 8.56. The van der Waals surface area contributed by atoms with Gasteiger partial charge >= 0.3 is 11.7 Å². The van der Waals surface area contributed by atoms with Gasteiger partial charge in [0, 0.05) is 13.1 Å². The van der Waals surface area contributed by atoms with Crippen molar-refractivity contribution in [2.24, 2.45) is 5.92 Å². The van der Waals surface area contributed by atoms with E-state index in [1.165, 1.54) is 9.47 Å². The minimum absolute atomic E-state index is 0.00412. The predicted molar refractivity (Wildman–Crippen MR) is 120 cm³/mol. The van der Waals surface area contributed by atoms with Crippen molar-refractivity contribution < 1.29 is 14.4 Å². The quantitative estimate of drug-likeness (QED) is 0.367. The summed E-state index contributed by atoms with van der Waals surface area (Å²) in [5.74, 6) is -1.19. The van der Waals surface area contributed by atoms with Crippen LogP contribution in [0.4, 0.5) is 16.3 Å². The maximum atomic E-state index is 12.7. The van der Waals surface area contributed by atoms with Gasteiger partial charge in [-0.1, -0.05) is 34.1 Å². The van der Waals surface area contributed by atoms with E-state index in [9.17, 15) is 24.0 Å². The van der Waals surface area contributed by atoms with Crippen LogP contribution in [0.15, 0.2) is 9.59 Å². The maximum absolute atomic E-state index is 12.7. The summed E-state index contributed by atoms with van der Waals surface area (Å²) in [6, 6.07) is -0.726. The van der Waals surface area contributed by atoms with Crippen LogP contribution >= 0.6 is 0 Å². The molecule has 0 aromatic carbocycles. The summed E-state index contributed by atoms with van der Waals surface area (Å²) in [5.41, 5.74) is 6.08. The standard InChI is InChI=1S/C20H33N7O5/c1-6-8-9-25(14-15(21)26(10-12(3)4)18(31)22-16(14)29)11-13(28)24-27-17(30)20(5,7-2)23-19(27)32/h12H,6-11,21H2,1-5H3,(H,23,32)(H,24,28)(H,22,29,31). The Morgan fingerprint density at radius 1 is 1.22 bits per heavy atom. The topological polar surface area (TPSA) is 163 Å². The number of amides is 4. The fourth-order valence-electron chi connectivity index (χ4n) is 3.41. The van der Waals surface area contributed by atoms with Crippen LogP contribution in [-0.4, -0.2) is 51.0 Å². The highest BCUT2D eigenvalue weighted by molar-refractivity contribution is 6.07. The van der Waals surface area contributed by atoms with E-state index >= 15 is 0 Å². The molecule has 178 valence electrons. The number of rotatable bonds is 10. The highest BCUT2D eigenvalue weighted by atomic mass is 16.2. The van der Waals surface area contributed by atoms with Crippen LogP contribution < -0.4 is 32.6 Å². The monoisotopic (exact) mass is 451 g/mol. The molecule has 1 aliphatic heterocycles. The Balaban J connectivity index is 2.33. The van der Waals surface area contributed by atoms with Gasteiger partial charge in [-0.05, 0) is 25.7 Å². The van der Waals surface area contributed by atoms with Gasteiger partial charge in [-0.2, -0.15) is 5.01 Å². The number of imide groups is 1. The van der Waals surface area contributed by atoms with Crippen LogP contribution in [0.2, 0.25) is 0 Å². The Hall–Kier alpha value is -3.31. The minimum Gasteiger partial charge on any atom is -0.383 e. The van der Waals surface area contributed by atoms with Crippen LogP contribution in [0.1, 0.15) is 53.9 Å². The average molecular weight is 452 g/mol. The number of unbranched alkanes of at least 4 members (excludes halogenated alkanes) is 1. The predicted octanol–water partition coefficient (Wildman–Crippen LogP) is 0.133. The molecule has 1 unspecified atom stereocenters. The zero-order valence-electron chi connectivity index (χ0n) is 19.3. The van der Waals surface area contributed by atoms with Crippen LogP contribution in [0, 0.1) is 5.92 Å². The number of carbonyl (C=O) groups is 3. The molecular formula is C20H33N7O5. The third-order valence-corrected chi connectivity index (χ3v) is 5.40. The molecule has 12 nitrogen and oxygen atoms in total. The average Bonchev–Trinajstić information content (AvgIpc) is 2.92. The number of aromatic amines is 1. The zero-order valence-corrected chi connectivity index (χ0v) is 19.3. The first-order valence-corrected chi connectivity index (χ1v) is 10.8. The number of urea groups is 1. The Bertz CT molecular complexity index is 999. The van der Waals surface area contributed by atoms with E-state index in [1.54, 1.807) is 13.8 Å². The van der Waals surface area contributed by atoms with E-state index in [1.807, 2.05) is 20.8 Å². The molecule has 1 saturated heterocycles. The lowest BCUT2D eigenvalue weighted by molar-refractivity contribution is -0.138. The Morgan fingerprint density at radius 2 is 1.88 bits per heavy atom. The van der Waals surface area contributed by atoms with Crippen molar-refractivity contribution in [3.8, 4) is 0 Å². The molecule has 2 heterocycles. The van der Waals surface area contributed by atoms with E-state index in [0.29, 0.717) is 30.9 Å². The summed E-state index contributed by atoms with van der Waals surface area (Å²) < 4.78 is 1.27. The van der Waals surface area contributed by atoms with E-state index in [2.05, 4.69) is 15.7 Å². The molecule has 2 rings (SSSR count). The lowest BCUT2D eigenvalue weighted by Crippen LogP contribution is -2.52. The summed E-state index contributed by atoms with van der Waals surface area (Å²) in [4.78, 5) is 66.0. The van der Waals surface area contributed by atoms with E-state index < -0.39 is 34.6 Å². The number of aromatic nitrogens is 2. The third kappa shape index (κ3) is 5.11. The molecule has 1 fully saturated rings. The molecular weight excluding hydrogens is 418 g/mol.